The van der Waals surface area contributed by atoms with E-state index in [0.717, 1.165) is 25.0 Å². The molecule has 0 bridgehead atoms. The van der Waals surface area contributed by atoms with Crippen LogP contribution in [0.1, 0.15) is 25.7 Å². The van der Waals surface area contributed by atoms with Crippen LogP contribution >= 0.6 is 0 Å². The van der Waals surface area contributed by atoms with Gasteiger partial charge in [0.15, 0.2) is 15.6 Å². The van der Waals surface area contributed by atoms with Gasteiger partial charge in [0.05, 0.1) is 4.90 Å². The summed E-state index contributed by atoms with van der Waals surface area (Å²) in [7, 11) is -3.64. The van der Waals surface area contributed by atoms with Gasteiger partial charge in [0.2, 0.25) is 0 Å². The Morgan fingerprint density at radius 3 is 2.35 bits per heavy atom. The molecule has 0 N–H and O–H groups in total. The quantitative estimate of drug-likeness (QED) is 0.761. The molecule has 0 spiro atoms. The Labute approximate surface area is 99.6 Å². The molecule has 0 aromatic heterocycles. The Morgan fingerprint density at radius 2 is 1.76 bits per heavy atom. The Morgan fingerprint density at radius 1 is 1.12 bits per heavy atom. The van der Waals surface area contributed by atoms with E-state index in [2.05, 4.69) is 0 Å². The van der Waals surface area contributed by atoms with Gasteiger partial charge in [-0.25, -0.2) is 12.8 Å². The number of rotatable bonds is 2. The number of carbonyl (C=O) groups is 1. The highest BCUT2D eigenvalue weighted by molar-refractivity contribution is 7.92. The fourth-order valence-corrected chi connectivity index (χ4v) is 3.85. The summed E-state index contributed by atoms with van der Waals surface area (Å²) in [6.45, 7) is 0. The molecule has 1 unspecified atom stereocenters. The summed E-state index contributed by atoms with van der Waals surface area (Å²) in [6.07, 6.45) is 2.20. The van der Waals surface area contributed by atoms with Crippen molar-refractivity contribution in [1.29, 1.82) is 0 Å². The minimum absolute atomic E-state index is 0.0270. The fourth-order valence-electron chi connectivity index (χ4n) is 2.07. The first-order valence-corrected chi connectivity index (χ1v) is 7.08. The molecule has 0 amide bonds. The molecule has 0 heterocycles. The van der Waals surface area contributed by atoms with Gasteiger partial charge in [0.25, 0.3) is 0 Å². The Bertz CT molecular complexity index is 519. The summed E-state index contributed by atoms with van der Waals surface area (Å²) in [5, 5.41) is -0.943. The highest BCUT2D eigenvalue weighted by atomic mass is 32.2. The average molecular weight is 256 g/mol. The number of ketones is 1. The second-order valence-corrected chi connectivity index (χ2v) is 6.33. The molecular formula is C12H13FO3S. The van der Waals surface area contributed by atoms with Crippen LogP contribution in [0.25, 0.3) is 0 Å². The van der Waals surface area contributed by atoms with Gasteiger partial charge in [-0.2, -0.15) is 0 Å². The molecule has 1 aliphatic carbocycles. The van der Waals surface area contributed by atoms with Gasteiger partial charge in [-0.15, -0.1) is 0 Å². The minimum Gasteiger partial charge on any atom is -0.298 e. The first kappa shape index (κ1) is 12.2. The van der Waals surface area contributed by atoms with Crippen molar-refractivity contribution in [2.24, 2.45) is 0 Å². The zero-order chi connectivity index (χ0) is 12.5. The van der Waals surface area contributed by atoms with Crippen molar-refractivity contribution >= 4 is 15.6 Å². The van der Waals surface area contributed by atoms with Crippen LogP contribution < -0.4 is 0 Å². The number of hydrogen-bond acceptors (Lipinski definition) is 3. The van der Waals surface area contributed by atoms with Crippen LogP contribution in [-0.4, -0.2) is 19.5 Å². The number of sulfone groups is 1. The summed E-state index contributed by atoms with van der Waals surface area (Å²) in [4.78, 5) is 11.7. The Hall–Kier alpha value is -1.23. The standard InChI is InChI=1S/C12H13FO3S/c13-9-5-7-10(8-6-9)17(15,16)12-4-2-1-3-11(12)14/h5-8,12H,1-4H2. The molecule has 1 saturated carbocycles. The molecule has 92 valence electrons. The highest BCUT2D eigenvalue weighted by Gasteiger charge is 2.35. The third kappa shape index (κ3) is 2.39. The summed E-state index contributed by atoms with van der Waals surface area (Å²) in [6, 6.07) is 4.62. The zero-order valence-corrected chi connectivity index (χ0v) is 10.0. The summed E-state index contributed by atoms with van der Waals surface area (Å²) in [5.74, 6) is -0.709. The van der Waals surface area contributed by atoms with Gasteiger partial charge in [-0.3, -0.25) is 4.79 Å². The van der Waals surface area contributed by atoms with Crippen molar-refractivity contribution in [2.45, 2.75) is 35.8 Å². The lowest BCUT2D eigenvalue weighted by Gasteiger charge is -2.20. The third-order valence-corrected chi connectivity index (χ3v) is 5.19. The van der Waals surface area contributed by atoms with E-state index >= 15 is 0 Å². The van der Waals surface area contributed by atoms with Crippen molar-refractivity contribution in [2.75, 3.05) is 0 Å². The lowest BCUT2D eigenvalue weighted by atomic mass is 9.99. The summed E-state index contributed by atoms with van der Waals surface area (Å²) >= 11 is 0. The molecule has 5 heteroatoms. The average Bonchev–Trinajstić information content (AvgIpc) is 2.30. The summed E-state index contributed by atoms with van der Waals surface area (Å²) in [5.41, 5.74) is 0. The normalized spacial score (nSPS) is 21.5. The van der Waals surface area contributed by atoms with E-state index in [1.54, 1.807) is 0 Å². The van der Waals surface area contributed by atoms with Crippen molar-refractivity contribution in [3.8, 4) is 0 Å². The molecule has 1 fully saturated rings. The number of benzene rings is 1. The third-order valence-electron chi connectivity index (χ3n) is 3.02. The minimum atomic E-state index is -3.64. The largest absolute Gasteiger partial charge is 0.298 e. The molecule has 2 rings (SSSR count). The van der Waals surface area contributed by atoms with Gasteiger partial charge in [-0.1, -0.05) is 6.42 Å². The van der Waals surface area contributed by atoms with Crippen molar-refractivity contribution in [3.63, 3.8) is 0 Å². The van der Waals surface area contributed by atoms with Gasteiger partial charge in [0.1, 0.15) is 11.1 Å². The monoisotopic (exact) mass is 256 g/mol. The van der Waals surface area contributed by atoms with E-state index in [-0.39, 0.29) is 10.7 Å². The lowest BCUT2D eigenvalue weighted by molar-refractivity contribution is -0.119. The summed E-state index contributed by atoms with van der Waals surface area (Å²) < 4.78 is 37.1. The molecule has 1 aromatic rings. The van der Waals surface area contributed by atoms with Crippen LogP contribution in [-0.2, 0) is 14.6 Å². The maximum Gasteiger partial charge on any atom is 0.188 e. The van der Waals surface area contributed by atoms with E-state index in [4.69, 9.17) is 0 Å². The second-order valence-electron chi connectivity index (χ2n) is 4.20. The number of halogens is 1. The smallest absolute Gasteiger partial charge is 0.188 e. The topological polar surface area (TPSA) is 51.2 Å². The molecular weight excluding hydrogens is 243 g/mol. The van der Waals surface area contributed by atoms with Crippen LogP contribution in [0.2, 0.25) is 0 Å². The Kier molecular flexibility index (Phi) is 3.28. The number of hydrogen-bond donors (Lipinski definition) is 0. The van der Waals surface area contributed by atoms with E-state index in [0.29, 0.717) is 12.8 Å². The van der Waals surface area contributed by atoms with Crippen LogP contribution in [0.3, 0.4) is 0 Å². The number of carbonyl (C=O) groups excluding carboxylic acids is 1. The fraction of sp³-hybridized carbons (Fsp3) is 0.417. The maximum atomic E-state index is 12.7. The molecule has 1 atom stereocenters. The molecule has 1 aliphatic rings. The van der Waals surface area contributed by atoms with Gasteiger partial charge in [-0.05, 0) is 37.1 Å². The predicted octanol–water partition coefficient (Wildman–Crippen LogP) is 2.11. The second kappa shape index (κ2) is 4.56. The SMILES string of the molecule is O=C1CCCCC1S(=O)(=O)c1ccc(F)cc1. The molecule has 17 heavy (non-hydrogen) atoms. The van der Waals surface area contributed by atoms with Crippen molar-refractivity contribution < 1.29 is 17.6 Å². The molecule has 1 aromatic carbocycles. The molecule has 0 radical (unpaired) electrons. The lowest BCUT2D eigenvalue weighted by Crippen LogP contribution is -2.33. The van der Waals surface area contributed by atoms with E-state index in [1.165, 1.54) is 12.1 Å². The molecule has 0 aliphatic heterocycles. The zero-order valence-electron chi connectivity index (χ0n) is 9.23. The van der Waals surface area contributed by atoms with Crippen LogP contribution in [0.15, 0.2) is 29.2 Å². The molecule has 3 nitrogen and oxygen atoms in total. The van der Waals surface area contributed by atoms with Crippen molar-refractivity contribution in [1.82, 2.24) is 0 Å². The Balaban J connectivity index is 2.35. The van der Waals surface area contributed by atoms with Crippen LogP contribution in [0.4, 0.5) is 4.39 Å². The van der Waals surface area contributed by atoms with E-state index < -0.39 is 20.9 Å². The maximum absolute atomic E-state index is 12.7. The van der Waals surface area contributed by atoms with Crippen LogP contribution in [0, 0.1) is 5.82 Å². The van der Waals surface area contributed by atoms with Gasteiger partial charge < -0.3 is 0 Å². The number of Topliss-reactive ketones (excluding diaryl/α,β-unsaturated/α-hetero) is 1. The van der Waals surface area contributed by atoms with Crippen molar-refractivity contribution in [3.05, 3.63) is 30.1 Å². The molecule has 0 saturated heterocycles. The van der Waals surface area contributed by atoms with E-state index in [1.807, 2.05) is 0 Å². The van der Waals surface area contributed by atoms with E-state index in [9.17, 15) is 17.6 Å². The first-order chi connectivity index (χ1) is 8.01. The van der Waals surface area contributed by atoms with Gasteiger partial charge >= 0.3 is 0 Å². The van der Waals surface area contributed by atoms with Crippen LogP contribution in [0.5, 0.6) is 0 Å². The predicted molar refractivity (Wildman–Crippen MR) is 60.8 cm³/mol. The van der Waals surface area contributed by atoms with Gasteiger partial charge in [0, 0.05) is 6.42 Å². The first-order valence-electron chi connectivity index (χ1n) is 5.54. The highest BCUT2D eigenvalue weighted by Crippen LogP contribution is 2.26.